The maximum Gasteiger partial charge on any atom is 0.243 e. The first-order chi connectivity index (χ1) is 9.31. The van der Waals surface area contributed by atoms with Crippen LogP contribution in [0.15, 0.2) is 0 Å². The molecule has 20 heavy (non-hydrogen) atoms. The highest BCUT2D eigenvalue weighted by Gasteiger charge is 2.49. The van der Waals surface area contributed by atoms with Gasteiger partial charge in [0.1, 0.15) is 0 Å². The topological polar surface area (TPSA) is 41.6 Å². The number of amides is 1. The molecule has 2 rings (SSSR count). The van der Waals surface area contributed by atoms with Crippen molar-refractivity contribution in [2.45, 2.75) is 65.6 Å². The fourth-order valence-electron chi connectivity index (χ4n) is 3.29. The Bertz CT molecular complexity index is 363. The second kappa shape index (κ2) is 5.64. The predicted octanol–water partition coefficient (Wildman–Crippen LogP) is 2.39. The monoisotopic (exact) mass is 282 g/mol. The van der Waals surface area contributed by atoms with Gasteiger partial charge in [-0.05, 0) is 37.5 Å². The van der Waals surface area contributed by atoms with E-state index >= 15 is 0 Å². The standard InChI is InChI=1S/C16H30N2O2/c1-6-16(5)14(19)18(13(17-16)12(2)3)11-15(4)7-9-20-10-8-15/h12-13,17H,6-11H2,1-5H3. The fraction of sp³-hybridized carbons (Fsp3) is 0.938. The van der Waals surface area contributed by atoms with Crippen LogP contribution in [-0.4, -0.2) is 42.3 Å². The summed E-state index contributed by atoms with van der Waals surface area (Å²) in [6.07, 6.45) is 3.09. The van der Waals surface area contributed by atoms with Gasteiger partial charge in [-0.1, -0.05) is 27.7 Å². The SMILES string of the molecule is CCC1(C)NC(C(C)C)N(CC2(C)CCOCC2)C1=O. The zero-order chi connectivity index (χ0) is 15.0. The summed E-state index contributed by atoms with van der Waals surface area (Å²) >= 11 is 0. The second-order valence-corrected chi connectivity index (χ2v) is 7.37. The van der Waals surface area contributed by atoms with Gasteiger partial charge in [-0.25, -0.2) is 0 Å². The van der Waals surface area contributed by atoms with Gasteiger partial charge in [0.15, 0.2) is 0 Å². The number of hydrogen-bond donors (Lipinski definition) is 1. The summed E-state index contributed by atoms with van der Waals surface area (Å²) in [5.41, 5.74) is -0.196. The van der Waals surface area contributed by atoms with E-state index in [1.54, 1.807) is 0 Å². The molecule has 0 aromatic carbocycles. The van der Waals surface area contributed by atoms with Crippen molar-refractivity contribution in [2.24, 2.45) is 11.3 Å². The second-order valence-electron chi connectivity index (χ2n) is 7.37. The summed E-state index contributed by atoms with van der Waals surface area (Å²) in [5.74, 6) is 0.696. The summed E-state index contributed by atoms with van der Waals surface area (Å²) in [6, 6.07) is 0. The minimum Gasteiger partial charge on any atom is -0.381 e. The maximum absolute atomic E-state index is 12.8. The zero-order valence-electron chi connectivity index (χ0n) is 13.7. The molecule has 116 valence electrons. The molecule has 0 radical (unpaired) electrons. The van der Waals surface area contributed by atoms with Gasteiger partial charge in [-0.2, -0.15) is 0 Å². The van der Waals surface area contributed by atoms with Gasteiger partial charge < -0.3 is 9.64 Å². The van der Waals surface area contributed by atoms with Gasteiger partial charge in [0.2, 0.25) is 5.91 Å². The van der Waals surface area contributed by atoms with Crippen LogP contribution in [0.3, 0.4) is 0 Å². The number of nitrogens with zero attached hydrogens (tertiary/aromatic N) is 1. The molecule has 2 saturated heterocycles. The number of carbonyl (C=O) groups is 1. The number of hydrogen-bond acceptors (Lipinski definition) is 3. The van der Waals surface area contributed by atoms with Crippen LogP contribution < -0.4 is 5.32 Å². The lowest BCUT2D eigenvalue weighted by molar-refractivity contribution is -0.135. The molecule has 2 heterocycles. The summed E-state index contributed by atoms with van der Waals surface area (Å²) < 4.78 is 5.47. The Labute approximate surface area is 123 Å². The number of nitrogens with one attached hydrogen (secondary N) is 1. The van der Waals surface area contributed by atoms with Crippen molar-refractivity contribution < 1.29 is 9.53 Å². The normalized spacial score (nSPS) is 34.0. The Morgan fingerprint density at radius 2 is 1.95 bits per heavy atom. The predicted molar refractivity (Wildman–Crippen MR) is 80.3 cm³/mol. The summed E-state index contributed by atoms with van der Waals surface area (Å²) in [7, 11) is 0. The molecule has 1 amide bonds. The lowest BCUT2D eigenvalue weighted by Crippen LogP contribution is -2.47. The smallest absolute Gasteiger partial charge is 0.243 e. The molecule has 2 unspecified atom stereocenters. The van der Waals surface area contributed by atoms with Gasteiger partial charge in [0, 0.05) is 19.8 Å². The number of carbonyl (C=O) groups excluding carboxylic acids is 1. The molecule has 1 N–H and O–H groups in total. The molecule has 4 nitrogen and oxygen atoms in total. The lowest BCUT2D eigenvalue weighted by atomic mass is 9.81. The quantitative estimate of drug-likeness (QED) is 0.861. The maximum atomic E-state index is 12.8. The van der Waals surface area contributed by atoms with E-state index in [9.17, 15) is 4.79 Å². The highest BCUT2D eigenvalue weighted by molar-refractivity contribution is 5.88. The Morgan fingerprint density at radius 1 is 1.35 bits per heavy atom. The van der Waals surface area contributed by atoms with Crippen molar-refractivity contribution in [3.05, 3.63) is 0 Å². The molecule has 0 aromatic heterocycles. The number of ether oxygens (including phenoxy) is 1. The van der Waals surface area contributed by atoms with Crippen molar-refractivity contribution in [2.75, 3.05) is 19.8 Å². The molecule has 2 aliphatic rings. The molecule has 4 heteroatoms. The largest absolute Gasteiger partial charge is 0.381 e. The molecule has 0 aromatic rings. The van der Waals surface area contributed by atoms with Crippen LogP contribution in [0.25, 0.3) is 0 Å². The van der Waals surface area contributed by atoms with Crippen molar-refractivity contribution in [1.29, 1.82) is 0 Å². The summed E-state index contributed by atoms with van der Waals surface area (Å²) in [6.45, 7) is 13.3. The van der Waals surface area contributed by atoms with Crippen LogP contribution in [0.4, 0.5) is 0 Å². The van der Waals surface area contributed by atoms with Crippen LogP contribution in [0, 0.1) is 11.3 Å². The van der Waals surface area contributed by atoms with E-state index in [0.717, 1.165) is 39.0 Å². The van der Waals surface area contributed by atoms with Crippen LogP contribution in [-0.2, 0) is 9.53 Å². The first-order valence-corrected chi connectivity index (χ1v) is 7.98. The van der Waals surface area contributed by atoms with Crippen molar-refractivity contribution in [3.63, 3.8) is 0 Å². The molecule has 0 aliphatic carbocycles. The fourth-order valence-corrected chi connectivity index (χ4v) is 3.29. The van der Waals surface area contributed by atoms with Crippen molar-refractivity contribution in [1.82, 2.24) is 10.2 Å². The Kier molecular flexibility index (Phi) is 4.45. The Balaban J connectivity index is 2.16. The van der Waals surface area contributed by atoms with Crippen LogP contribution in [0.5, 0.6) is 0 Å². The van der Waals surface area contributed by atoms with Crippen molar-refractivity contribution in [3.8, 4) is 0 Å². The highest BCUT2D eigenvalue weighted by Crippen LogP contribution is 2.35. The third-order valence-electron chi connectivity index (χ3n) is 5.13. The Hall–Kier alpha value is -0.610. The Morgan fingerprint density at radius 3 is 2.45 bits per heavy atom. The van der Waals surface area contributed by atoms with E-state index in [-0.39, 0.29) is 17.5 Å². The first kappa shape index (κ1) is 15.8. The van der Waals surface area contributed by atoms with Crippen molar-refractivity contribution >= 4 is 5.91 Å². The molecule has 0 bridgehead atoms. The highest BCUT2D eigenvalue weighted by atomic mass is 16.5. The molecule has 2 aliphatic heterocycles. The van der Waals surface area contributed by atoms with Gasteiger partial charge in [-0.3, -0.25) is 10.1 Å². The van der Waals surface area contributed by atoms with E-state index in [1.807, 2.05) is 6.92 Å². The molecular weight excluding hydrogens is 252 g/mol. The van der Waals surface area contributed by atoms with Gasteiger partial charge >= 0.3 is 0 Å². The average molecular weight is 282 g/mol. The number of rotatable bonds is 4. The van der Waals surface area contributed by atoms with E-state index < -0.39 is 5.54 Å². The zero-order valence-corrected chi connectivity index (χ0v) is 13.7. The van der Waals surface area contributed by atoms with Gasteiger partial charge in [0.25, 0.3) is 0 Å². The lowest BCUT2D eigenvalue weighted by Gasteiger charge is -2.39. The van der Waals surface area contributed by atoms with E-state index in [0.29, 0.717) is 5.92 Å². The molecule has 0 saturated carbocycles. The molecule has 2 fully saturated rings. The summed E-state index contributed by atoms with van der Waals surface area (Å²) in [4.78, 5) is 14.9. The van der Waals surface area contributed by atoms with Crippen LogP contribution >= 0.6 is 0 Å². The third kappa shape index (κ3) is 2.86. The average Bonchev–Trinajstić information content (AvgIpc) is 2.65. The molecule has 0 spiro atoms. The summed E-state index contributed by atoms with van der Waals surface area (Å²) in [5, 5.41) is 3.57. The van der Waals surface area contributed by atoms with E-state index in [1.165, 1.54) is 0 Å². The first-order valence-electron chi connectivity index (χ1n) is 7.98. The van der Waals surface area contributed by atoms with E-state index in [2.05, 4.69) is 37.9 Å². The van der Waals surface area contributed by atoms with Gasteiger partial charge in [0.05, 0.1) is 11.7 Å². The minimum atomic E-state index is -0.392. The van der Waals surface area contributed by atoms with Crippen LogP contribution in [0.1, 0.15) is 53.9 Å². The molecule has 2 atom stereocenters. The van der Waals surface area contributed by atoms with E-state index in [4.69, 9.17) is 4.74 Å². The van der Waals surface area contributed by atoms with Gasteiger partial charge in [-0.15, -0.1) is 0 Å². The minimum absolute atomic E-state index is 0.159. The molecular formula is C16H30N2O2. The van der Waals surface area contributed by atoms with Crippen LogP contribution in [0.2, 0.25) is 0 Å². The third-order valence-corrected chi connectivity index (χ3v) is 5.13.